The van der Waals surface area contributed by atoms with Crippen molar-refractivity contribution >= 4 is 35.0 Å². The molecule has 0 aliphatic carbocycles. The monoisotopic (exact) mass is 481 g/mol. The molecule has 2 aromatic heterocycles. The zero-order valence-electron chi connectivity index (χ0n) is 18.3. The van der Waals surface area contributed by atoms with Crippen molar-refractivity contribution in [2.24, 2.45) is 0 Å². The molecular formula is C22H20FN7O5. The maximum Gasteiger partial charge on any atom is 0.270 e. The van der Waals surface area contributed by atoms with Crippen LogP contribution in [0.4, 0.5) is 10.1 Å². The van der Waals surface area contributed by atoms with E-state index in [9.17, 15) is 23.6 Å². The molecule has 5 rings (SSSR count). The van der Waals surface area contributed by atoms with Crippen molar-refractivity contribution in [1.29, 1.82) is 0 Å². The average molecular weight is 481 g/mol. The van der Waals surface area contributed by atoms with Crippen LogP contribution < -0.4 is 26.0 Å². The molecule has 1 fully saturated rings. The number of carbonyl (C=O) groups excluding carboxylic acids is 4. The number of ether oxygens (including phenoxy) is 1. The summed E-state index contributed by atoms with van der Waals surface area (Å²) in [5.74, 6) is -2.24. The molecule has 3 aromatic rings. The first-order chi connectivity index (χ1) is 16.9. The molecule has 0 spiro atoms. The van der Waals surface area contributed by atoms with E-state index in [1.54, 1.807) is 18.2 Å². The number of nitrogens with one attached hydrogen (secondary N) is 4. The second kappa shape index (κ2) is 9.00. The van der Waals surface area contributed by atoms with E-state index in [0.29, 0.717) is 36.4 Å². The van der Waals surface area contributed by atoms with Crippen LogP contribution in [-0.2, 0) is 16.1 Å². The van der Waals surface area contributed by atoms with Crippen LogP contribution in [0, 0.1) is 5.82 Å². The number of carbonyl (C=O) groups is 4. The summed E-state index contributed by atoms with van der Waals surface area (Å²) in [6.45, 7) is 0.535. The molecule has 0 bridgehead atoms. The van der Waals surface area contributed by atoms with Gasteiger partial charge in [0, 0.05) is 19.2 Å². The SMILES string of the molecule is O=C1COc2ccc(CNC(=O)c3cc(C(=O)NC4CCCNC4=O)n4ncc(F)c4n3)cc2N1. The van der Waals surface area contributed by atoms with Crippen molar-refractivity contribution < 1.29 is 28.3 Å². The van der Waals surface area contributed by atoms with Crippen molar-refractivity contribution in [3.8, 4) is 5.75 Å². The lowest BCUT2D eigenvalue weighted by atomic mass is 10.1. The lowest BCUT2D eigenvalue weighted by Gasteiger charge is -2.22. The van der Waals surface area contributed by atoms with Gasteiger partial charge >= 0.3 is 0 Å². The first kappa shape index (κ1) is 22.3. The molecule has 1 atom stereocenters. The number of amides is 4. The summed E-state index contributed by atoms with van der Waals surface area (Å²) in [6.07, 6.45) is 2.04. The van der Waals surface area contributed by atoms with Gasteiger partial charge in [0.1, 0.15) is 23.2 Å². The highest BCUT2D eigenvalue weighted by molar-refractivity contribution is 6.00. The number of benzene rings is 1. The Morgan fingerprint density at radius 3 is 2.91 bits per heavy atom. The number of hydrogen-bond donors (Lipinski definition) is 4. The lowest BCUT2D eigenvalue weighted by Crippen LogP contribution is -2.50. The van der Waals surface area contributed by atoms with Crippen LogP contribution in [0.3, 0.4) is 0 Å². The van der Waals surface area contributed by atoms with Gasteiger partial charge in [-0.25, -0.2) is 13.9 Å². The number of piperidine rings is 1. The molecule has 35 heavy (non-hydrogen) atoms. The van der Waals surface area contributed by atoms with Crippen LogP contribution in [0.1, 0.15) is 39.4 Å². The third kappa shape index (κ3) is 4.47. The number of halogens is 1. The lowest BCUT2D eigenvalue weighted by molar-refractivity contribution is -0.124. The first-order valence-electron chi connectivity index (χ1n) is 10.9. The molecule has 4 amide bonds. The predicted octanol–water partition coefficient (Wildman–Crippen LogP) is 0.138. The summed E-state index contributed by atoms with van der Waals surface area (Å²) in [7, 11) is 0. The fraction of sp³-hybridized carbons (Fsp3) is 0.273. The third-order valence-corrected chi connectivity index (χ3v) is 5.61. The highest BCUT2D eigenvalue weighted by atomic mass is 19.1. The number of fused-ring (bicyclic) bond motifs is 2. The summed E-state index contributed by atoms with van der Waals surface area (Å²) in [5, 5.41) is 14.5. The summed E-state index contributed by atoms with van der Waals surface area (Å²) >= 11 is 0. The van der Waals surface area contributed by atoms with Gasteiger partial charge in [-0.1, -0.05) is 6.07 Å². The Bertz CT molecular complexity index is 1370. The Hall–Kier alpha value is -4.55. The van der Waals surface area contributed by atoms with E-state index in [-0.39, 0.29) is 42.0 Å². The number of rotatable bonds is 5. The quantitative estimate of drug-likeness (QED) is 0.404. The molecule has 4 heterocycles. The van der Waals surface area contributed by atoms with Gasteiger partial charge in [-0.15, -0.1) is 0 Å². The first-order valence-corrected chi connectivity index (χ1v) is 10.9. The second-order valence-corrected chi connectivity index (χ2v) is 8.06. The summed E-state index contributed by atoms with van der Waals surface area (Å²) in [4.78, 5) is 53.3. The van der Waals surface area contributed by atoms with Gasteiger partial charge in [-0.3, -0.25) is 19.2 Å². The Balaban J connectivity index is 1.36. The van der Waals surface area contributed by atoms with Gasteiger partial charge in [0.2, 0.25) is 5.91 Å². The van der Waals surface area contributed by atoms with E-state index in [1.165, 1.54) is 6.07 Å². The van der Waals surface area contributed by atoms with Crippen LogP contribution in [0.15, 0.2) is 30.5 Å². The van der Waals surface area contributed by atoms with Crippen LogP contribution >= 0.6 is 0 Å². The minimum Gasteiger partial charge on any atom is -0.482 e. The molecule has 13 heteroatoms. The molecule has 1 unspecified atom stereocenters. The summed E-state index contributed by atoms with van der Waals surface area (Å²) in [5.41, 5.74) is 0.505. The van der Waals surface area contributed by atoms with Crippen LogP contribution in [0.2, 0.25) is 0 Å². The number of anilines is 1. The van der Waals surface area contributed by atoms with E-state index in [1.807, 2.05) is 0 Å². The minimum absolute atomic E-state index is 0.0658. The molecule has 0 saturated carbocycles. The van der Waals surface area contributed by atoms with Crippen molar-refractivity contribution in [3.63, 3.8) is 0 Å². The molecule has 2 aliphatic rings. The Kier molecular flexibility index (Phi) is 5.73. The zero-order valence-corrected chi connectivity index (χ0v) is 18.3. The maximum absolute atomic E-state index is 14.3. The molecule has 2 aliphatic heterocycles. The van der Waals surface area contributed by atoms with Crippen LogP contribution in [-0.4, -0.2) is 57.4 Å². The van der Waals surface area contributed by atoms with Crippen molar-refractivity contribution in [1.82, 2.24) is 30.5 Å². The predicted molar refractivity (Wildman–Crippen MR) is 118 cm³/mol. The van der Waals surface area contributed by atoms with Gasteiger partial charge in [-0.05, 0) is 30.5 Å². The number of nitrogens with zero attached hydrogens (tertiary/aromatic N) is 3. The van der Waals surface area contributed by atoms with Gasteiger partial charge in [-0.2, -0.15) is 5.10 Å². The highest BCUT2D eigenvalue weighted by Gasteiger charge is 2.27. The fourth-order valence-corrected chi connectivity index (χ4v) is 3.87. The van der Waals surface area contributed by atoms with Crippen molar-refractivity contribution in [3.05, 3.63) is 53.2 Å². The van der Waals surface area contributed by atoms with Gasteiger partial charge in [0.05, 0.1) is 11.9 Å². The maximum atomic E-state index is 14.3. The molecule has 180 valence electrons. The van der Waals surface area contributed by atoms with E-state index >= 15 is 0 Å². The van der Waals surface area contributed by atoms with Gasteiger partial charge < -0.3 is 26.0 Å². The molecule has 1 aromatic carbocycles. The van der Waals surface area contributed by atoms with Crippen LogP contribution in [0.25, 0.3) is 5.65 Å². The molecule has 1 saturated heterocycles. The molecule has 0 radical (unpaired) electrons. The standard InChI is InChI=1S/C22H20FN7O5/c23-12-9-26-30-16(22(34)29-13-2-1-5-24-20(13)32)7-15(28-19(12)30)21(33)25-8-11-3-4-17-14(6-11)27-18(31)10-35-17/h3-4,6-7,9,13H,1-2,5,8,10H2,(H,24,32)(H,25,33)(H,27,31)(H,29,34). The van der Waals surface area contributed by atoms with E-state index in [4.69, 9.17) is 4.74 Å². The Morgan fingerprint density at radius 2 is 2.09 bits per heavy atom. The summed E-state index contributed by atoms with van der Waals surface area (Å²) in [6, 6.07) is 5.50. The smallest absolute Gasteiger partial charge is 0.270 e. The number of aromatic nitrogens is 3. The molecular weight excluding hydrogens is 461 g/mol. The third-order valence-electron chi connectivity index (χ3n) is 5.61. The topological polar surface area (TPSA) is 156 Å². The van der Waals surface area contributed by atoms with Gasteiger partial charge in [0.25, 0.3) is 17.7 Å². The average Bonchev–Trinajstić information content (AvgIpc) is 3.23. The van der Waals surface area contributed by atoms with Crippen LogP contribution in [0.5, 0.6) is 5.75 Å². The van der Waals surface area contributed by atoms with Crippen molar-refractivity contribution in [2.75, 3.05) is 18.5 Å². The van der Waals surface area contributed by atoms with E-state index < -0.39 is 23.7 Å². The van der Waals surface area contributed by atoms with Gasteiger partial charge in [0.15, 0.2) is 18.1 Å². The minimum atomic E-state index is -0.811. The molecule has 12 nitrogen and oxygen atoms in total. The van der Waals surface area contributed by atoms with Crippen molar-refractivity contribution in [2.45, 2.75) is 25.4 Å². The van der Waals surface area contributed by atoms with E-state index in [0.717, 1.165) is 10.7 Å². The second-order valence-electron chi connectivity index (χ2n) is 8.06. The normalized spacial score (nSPS) is 17.1. The Morgan fingerprint density at radius 1 is 1.23 bits per heavy atom. The van der Waals surface area contributed by atoms with E-state index in [2.05, 4.69) is 31.3 Å². The zero-order chi connectivity index (χ0) is 24.5. The fourth-order valence-electron chi connectivity index (χ4n) is 3.87. The Labute approximate surface area is 197 Å². The highest BCUT2D eigenvalue weighted by Crippen LogP contribution is 2.28. The largest absolute Gasteiger partial charge is 0.482 e. The number of hydrogen-bond acceptors (Lipinski definition) is 7. The summed E-state index contributed by atoms with van der Waals surface area (Å²) < 4.78 is 20.6. The molecule has 4 N–H and O–H groups in total.